The minimum absolute atomic E-state index is 0.184. The van der Waals surface area contributed by atoms with Crippen molar-refractivity contribution in [1.29, 1.82) is 0 Å². The Balaban J connectivity index is 1.74. The van der Waals surface area contributed by atoms with Crippen molar-refractivity contribution in [3.05, 3.63) is 66.0 Å². The maximum atomic E-state index is 11.6. The molecular formula is C15H14N2O3. The number of nitrogens with one attached hydrogen (secondary N) is 1. The molecule has 0 saturated carbocycles. The summed E-state index contributed by atoms with van der Waals surface area (Å²) in [6.45, 7) is 0.0864. The number of hydrogen-bond donors (Lipinski definition) is 1. The van der Waals surface area contributed by atoms with Crippen LogP contribution in [0.2, 0.25) is 0 Å². The highest BCUT2D eigenvalue weighted by Gasteiger charge is 2.10. The van der Waals surface area contributed by atoms with Crippen LogP contribution in [-0.4, -0.2) is 23.5 Å². The molecule has 1 aromatic heterocycles. The lowest BCUT2D eigenvalue weighted by Gasteiger charge is -2.06. The molecule has 102 valence electrons. The van der Waals surface area contributed by atoms with Crippen molar-refractivity contribution >= 4 is 11.9 Å². The maximum Gasteiger partial charge on any atom is 0.357 e. The molecule has 20 heavy (non-hydrogen) atoms. The monoisotopic (exact) mass is 270 g/mol. The fourth-order valence-corrected chi connectivity index (χ4v) is 1.54. The predicted molar refractivity (Wildman–Crippen MR) is 72.8 cm³/mol. The Morgan fingerprint density at radius 1 is 1.05 bits per heavy atom. The van der Waals surface area contributed by atoms with E-state index in [-0.39, 0.29) is 18.2 Å². The number of nitrogens with zero attached hydrogens (tertiary/aromatic N) is 1. The molecule has 5 nitrogen and oxygen atoms in total. The molecule has 2 aromatic rings. The van der Waals surface area contributed by atoms with Crippen LogP contribution in [0.15, 0.2) is 54.7 Å². The van der Waals surface area contributed by atoms with E-state index in [9.17, 15) is 9.59 Å². The smallest absolute Gasteiger partial charge is 0.357 e. The molecule has 2 rings (SSSR count). The summed E-state index contributed by atoms with van der Waals surface area (Å²) in [7, 11) is 0. The van der Waals surface area contributed by atoms with E-state index in [4.69, 9.17) is 4.74 Å². The lowest BCUT2D eigenvalue weighted by molar-refractivity contribution is -0.124. The molecule has 5 heteroatoms. The predicted octanol–water partition coefficient (Wildman–Crippen LogP) is 1.55. The summed E-state index contributed by atoms with van der Waals surface area (Å²) >= 11 is 0. The van der Waals surface area contributed by atoms with Gasteiger partial charge in [-0.3, -0.25) is 4.79 Å². The number of benzene rings is 1. The number of carbonyl (C=O) groups is 2. The summed E-state index contributed by atoms with van der Waals surface area (Å²) in [5.41, 5.74) is 1.17. The number of ether oxygens (including phenoxy) is 1. The Bertz CT molecular complexity index is 570. The number of pyridine rings is 1. The van der Waals surface area contributed by atoms with Gasteiger partial charge in [0.05, 0.1) is 0 Å². The van der Waals surface area contributed by atoms with Gasteiger partial charge in [-0.2, -0.15) is 0 Å². The van der Waals surface area contributed by atoms with E-state index in [1.807, 2.05) is 30.3 Å². The molecule has 0 fully saturated rings. The lowest BCUT2D eigenvalue weighted by atomic mass is 10.2. The van der Waals surface area contributed by atoms with Crippen LogP contribution < -0.4 is 5.32 Å². The van der Waals surface area contributed by atoms with Crippen LogP contribution in [0.4, 0.5) is 0 Å². The van der Waals surface area contributed by atoms with E-state index in [1.165, 1.54) is 12.3 Å². The normalized spacial score (nSPS) is 9.80. The van der Waals surface area contributed by atoms with Crippen LogP contribution in [0.25, 0.3) is 0 Å². The zero-order valence-electron chi connectivity index (χ0n) is 10.8. The SMILES string of the molecule is O=C(COC(=O)c1ccccn1)NCc1ccccc1. The van der Waals surface area contributed by atoms with E-state index in [0.717, 1.165) is 5.56 Å². The van der Waals surface area contributed by atoms with Crippen LogP contribution in [-0.2, 0) is 16.1 Å². The lowest BCUT2D eigenvalue weighted by Crippen LogP contribution is -2.28. The first kappa shape index (κ1) is 13.7. The van der Waals surface area contributed by atoms with Gasteiger partial charge in [0.25, 0.3) is 5.91 Å². The number of aromatic nitrogens is 1. The molecule has 0 saturated heterocycles. The summed E-state index contributed by atoms with van der Waals surface area (Å²) in [4.78, 5) is 26.9. The van der Waals surface area contributed by atoms with Crippen molar-refractivity contribution in [3.63, 3.8) is 0 Å². The van der Waals surface area contributed by atoms with Crippen LogP contribution in [0, 0.1) is 0 Å². The largest absolute Gasteiger partial charge is 0.451 e. The van der Waals surface area contributed by atoms with Crippen LogP contribution in [0.1, 0.15) is 16.1 Å². The Kier molecular flexibility index (Phi) is 4.83. The van der Waals surface area contributed by atoms with E-state index in [2.05, 4.69) is 10.3 Å². The van der Waals surface area contributed by atoms with Crippen LogP contribution in [0.5, 0.6) is 0 Å². The Labute approximate surface area is 116 Å². The number of carbonyl (C=O) groups excluding carboxylic acids is 2. The number of hydrogen-bond acceptors (Lipinski definition) is 4. The molecule has 0 aliphatic rings. The van der Waals surface area contributed by atoms with Gasteiger partial charge in [-0.25, -0.2) is 9.78 Å². The van der Waals surface area contributed by atoms with Crippen molar-refractivity contribution in [3.8, 4) is 0 Å². The molecule has 1 heterocycles. The Hall–Kier alpha value is -2.69. The standard InChI is InChI=1S/C15H14N2O3/c18-14(17-10-12-6-2-1-3-7-12)11-20-15(19)13-8-4-5-9-16-13/h1-9H,10-11H2,(H,17,18). The molecule has 1 N–H and O–H groups in total. The topological polar surface area (TPSA) is 68.3 Å². The molecule has 1 aromatic carbocycles. The molecule has 0 radical (unpaired) electrons. The van der Waals surface area contributed by atoms with Gasteiger partial charge in [0.1, 0.15) is 5.69 Å². The van der Waals surface area contributed by atoms with Crippen molar-refractivity contribution < 1.29 is 14.3 Å². The fraction of sp³-hybridized carbons (Fsp3) is 0.133. The second kappa shape index (κ2) is 7.04. The fourth-order valence-electron chi connectivity index (χ4n) is 1.54. The average Bonchev–Trinajstić information content (AvgIpc) is 2.52. The van der Waals surface area contributed by atoms with Crippen molar-refractivity contribution in [2.45, 2.75) is 6.54 Å². The first-order valence-electron chi connectivity index (χ1n) is 6.14. The maximum absolute atomic E-state index is 11.6. The molecule has 0 aliphatic carbocycles. The summed E-state index contributed by atoms with van der Waals surface area (Å²) in [6.07, 6.45) is 1.49. The molecule has 0 aliphatic heterocycles. The van der Waals surface area contributed by atoms with Crippen molar-refractivity contribution in [2.24, 2.45) is 0 Å². The Morgan fingerprint density at radius 2 is 1.80 bits per heavy atom. The molecule has 0 spiro atoms. The summed E-state index contributed by atoms with van der Waals surface area (Å²) in [5, 5.41) is 2.67. The summed E-state index contributed by atoms with van der Waals surface area (Å²) in [6, 6.07) is 14.4. The molecular weight excluding hydrogens is 256 g/mol. The quantitative estimate of drug-likeness (QED) is 0.837. The summed E-state index contributed by atoms with van der Waals surface area (Å²) < 4.78 is 4.86. The first-order valence-corrected chi connectivity index (χ1v) is 6.14. The van der Waals surface area contributed by atoms with Crippen molar-refractivity contribution in [2.75, 3.05) is 6.61 Å². The zero-order chi connectivity index (χ0) is 14.2. The van der Waals surface area contributed by atoms with E-state index < -0.39 is 5.97 Å². The van der Waals surface area contributed by atoms with Gasteiger partial charge < -0.3 is 10.1 Å². The van der Waals surface area contributed by atoms with Gasteiger partial charge in [-0.1, -0.05) is 36.4 Å². The summed E-state index contributed by atoms with van der Waals surface area (Å²) in [5.74, 6) is -0.960. The zero-order valence-corrected chi connectivity index (χ0v) is 10.8. The first-order chi connectivity index (χ1) is 9.75. The van der Waals surface area contributed by atoms with Crippen LogP contribution >= 0.6 is 0 Å². The van der Waals surface area contributed by atoms with Gasteiger partial charge in [-0.05, 0) is 17.7 Å². The Morgan fingerprint density at radius 3 is 2.50 bits per heavy atom. The van der Waals surface area contributed by atoms with Gasteiger partial charge in [0, 0.05) is 12.7 Å². The minimum Gasteiger partial charge on any atom is -0.451 e. The van der Waals surface area contributed by atoms with E-state index >= 15 is 0 Å². The average molecular weight is 270 g/mol. The van der Waals surface area contributed by atoms with E-state index in [1.54, 1.807) is 12.1 Å². The highest BCUT2D eigenvalue weighted by Crippen LogP contribution is 1.98. The minimum atomic E-state index is -0.611. The number of amides is 1. The second-order valence-electron chi connectivity index (χ2n) is 4.05. The molecule has 1 amide bonds. The van der Waals surface area contributed by atoms with Gasteiger partial charge >= 0.3 is 5.97 Å². The van der Waals surface area contributed by atoms with Gasteiger partial charge in [0.15, 0.2) is 6.61 Å². The molecule has 0 atom stereocenters. The highest BCUT2D eigenvalue weighted by molar-refractivity contribution is 5.89. The third kappa shape index (κ3) is 4.20. The van der Waals surface area contributed by atoms with Crippen LogP contribution in [0.3, 0.4) is 0 Å². The van der Waals surface area contributed by atoms with E-state index in [0.29, 0.717) is 6.54 Å². The second-order valence-corrected chi connectivity index (χ2v) is 4.05. The third-order valence-corrected chi connectivity index (χ3v) is 2.54. The highest BCUT2D eigenvalue weighted by atomic mass is 16.5. The number of esters is 1. The van der Waals surface area contributed by atoms with Gasteiger partial charge in [-0.15, -0.1) is 0 Å². The molecule has 0 bridgehead atoms. The third-order valence-electron chi connectivity index (χ3n) is 2.54. The number of rotatable bonds is 5. The van der Waals surface area contributed by atoms with Gasteiger partial charge in [0.2, 0.25) is 0 Å². The van der Waals surface area contributed by atoms with Crippen molar-refractivity contribution in [1.82, 2.24) is 10.3 Å². The molecule has 0 unspecified atom stereocenters.